The van der Waals surface area contributed by atoms with Crippen LogP contribution in [-0.2, 0) is 17.7 Å². The molecule has 1 fully saturated rings. The molecule has 1 heterocycles. The molecule has 0 atom stereocenters. The molecule has 0 aromatic heterocycles. The van der Waals surface area contributed by atoms with Crippen LogP contribution in [-0.4, -0.2) is 80.7 Å². The van der Waals surface area contributed by atoms with E-state index in [0.29, 0.717) is 0 Å². The van der Waals surface area contributed by atoms with Crippen LogP contribution in [0.1, 0.15) is 20.8 Å². The molecule has 1 aliphatic heterocycles. The van der Waals surface area contributed by atoms with Crippen LogP contribution in [0.2, 0.25) is 10.5 Å². The van der Waals surface area contributed by atoms with Crippen LogP contribution >= 0.6 is 0 Å². The zero-order chi connectivity index (χ0) is 15.8. The standard InChI is InChI=1S/C9H21N3.C4H9N.2CH3.Ti/c1-10-4-6-11(2)8-9-12(3)7-5-10;1-4(2,3)5;;;/h4-9H2,1-3H3;1-3H3;2*1H3;. The van der Waals surface area contributed by atoms with Crippen LogP contribution in [0.5, 0.6) is 0 Å². The Morgan fingerprint density at radius 3 is 1.05 bits per heavy atom. The van der Waals surface area contributed by atoms with Gasteiger partial charge in [-0.25, -0.2) is 0 Å². The molecule has 0 amide bonds. The molecule has 0 bridgehead atoms. The Kier molecular flexibility index (Phi) is 10.4. The van der Waals surface area contributed by atoms with Gasteiger partial charge in [0.15, 0.2) is 0 Å². The second-order valence-corrected chi connectivity index (χ2v) is 10.4. The first-order chi connectivity index (χ1) is 9.10. The average Bonchev–Trinajstić information content (AvgIpc) is 2.33. The maximum absolute atomic E-state index is 4.58. The maximum atomic E-state index is 4.58. The van der Waals surface area contributed by atoms with Crippen molar-refractivity contribution in [1.82, 2.24) is 14.7 Å². The van der Waals surface area contributed by atoms with Crippen molar-refractivity contribution >= 4 is 0 Å². The van der Waals surface area contributed by atoms with Crippen molar-refractivity contribution in [3.8, 4) is 0 Å². The number of hydrogen-bond donors (Lipinski definition) is 0. The predicted octanol–water partition coefficient (Wildman–Crippen LogP) is 2.48. The Morgan fingerprint density at radius 2 is 0.950 bits per heavy atom. The SMILES string of the molecule is CN1CCN(C)CCN(C)CC1.[CH3][Ti]([CH3])=[N]C(C)(C)C. The Labute approximate surface area is 133 Å². The van der Waals surface area contributed by atoms with Crippen LogP contribution in [0.4, 0.5) is 0 Å². The molecular weight excluding hydrogens is 284 g/mol. The van der Waals surface area contributed by atoms with Gasteiger partial charge in [-0.3, -0.25) is 0 Å². The molecule has 0 unspecified atom stereocenters. The molecule has 20 heavy (non-hydrogen) atoms. The van der Waals surface area contributed by atoms with Crippen molar-refractivity contribution in [1.29, 1.82) is 0 Å². The number of nitrogens with zero attached hydrogens (tertiary/aromatic N) is 4. The van der Waals surface area contributed by atoms with Gasteiger partial charge in [0.1, 0.15) is 0 Å². The van der Waals surface area contributed by atoms with Crippen molar-refractivity contribution in [2.75, 3.05) is 60.4 Å². The van der Waals surface area contributed by atoms with E-state index in [0.717, 1.165) is 0 Å². The molecule has 0 N–H and O–H groups in total. The third-order valence-corrected chi connectivity index (χ3v) is 4.90. The molecule has 120 valence electrons. The van der Waals surface area contributed by atoms with Gasteiger partial charge in [0, 0.05) is 39.3 Å². The topological polar surface area (TPSA) is 22.1 Å². The predicted molar refractivity (Wildman–Crippen MR) is 86.4 cm³/mol. The summed E-state index contributed by atoms with van der Waals surface area (Å²) in [6, 6.07) is 0. The summed E-state index contributed by atoms with van der Waals surface area (Å²) in [6.07, 6.45) is 0. The molecule has 1 rings (SSSR count). The summed E-state index contributed by atoms with van der Waals surface area (Å²) in [7, 11) is 6.60. The van der Waals surface area contributed by atoms with Crippen molar-refractivity contribution in [2.24, 2.45) is 3.42 Å². The minimum atomic E-state index is -0.898. The quantitative estimate of drug-likeness (QED) is 0.640. The zero-order valence-electron chi connectivity index (χ0n) is 15.0. The molecular formula is C15H36N4Ti. The van der Waals surface area contributed by atoms with Gasteiger partial charge in [0.2, 0.25) is 0 Å². The molecule has 0 aromatic rings. The van der Waals surface area contributed by atoms with Gasteiger partial charge in [-0.15, -0.1) is 0 Å². The summed E-state index contributed by atoms with van der Waals surface area (Å²) in [5, 5.41) is 4.54. The molecule has 0 saturated carbocycles. The van der Waals surface area contributed by atoms with E-state index >= 15 is 0 Å². The fraction of sp³-hybridized carbons (Fsp3) is 1.00. The van der Waals surface area contributed by atoms with Crippen LogP contribution in [0.15, 0.2) is 3.42 Å². The molecule has 5 heteroatoms. The molecule has 4 nitrogen and oxygen atoms in total. The molecule has 1 aliphatic rings. The zero-order valence-corrected chi connectivity index (χ0v) is 16.6. The summed E-state index contributed by atoms with van der Waals surface area (Å²) < 4.78 is 4.58. The van der Waals surface area contributed by atoms with Gasteiger partial charge in [0.25, 0.3) is 0 Å². The normalized spacial score (nSPS) is 20.2. The Morgan fingerprint density at radius 1 is 0.700 bits per heavy atom. The first-order valence-corrected chi connectivity index (χ1v) is 11.5. The summed E-state index contributed by atoms with van der Waals surface area (Å²) in [6.45, 7) is 13.7. The fourth-order valence-electron chi connectivity index (χ4n) is 2.03. The van der Waals surface area contributed by atoms with E-state index in [-0.39, 0.29) is 5.54 Å². The second-order valence-electron chi connectivity index (χ2n) is 7.14. The van der Waals surface area contributed by atoms with E-state index in [1.807, 2.05) is 0 Å². The molecule has 0 radical (unpaired) electrons. The van der Waals surface area contributed by atoms with Crippen molar-refractivity contribution < 1.29 is 17.7 Å². The number of likely N-dealkylation sites (N-methyl/N-ethyl adjacent to an activating group) is 3. The fourth-order valence-corrected chi connectivity index (χ4v) is 4.13. The Bertz CT molecular complexity index is 246. The van der Waals surface area contributed by atoms with Crippen LogP contribution in [0.3, 0.4) is 0 Å². The van der Waals surface area contributed by atoms with Crippen LogP contribution in [0, 0.1) is 0 Å². The number of rotatable bonds is 0. The van der Waals surface area contributed by atoms with Gasteiger partial charge in [-0.1, -0.05) is 0 Å². The summed E-state index contributed by atoms with van der Waals surface area (Å²) >= 11 is -0.898. The van der Waals surface area contributed by atoms with Crippen molar-refractivity contribution in [3.63, 3.8) is 0 Å². The first kappa shape index (κ1) is 20.4. The molecule has 1 saturated heterocycles. The Balaban J connectivity index is 0.000000396. The van der Waals surface area contributed by atoms with E-state index in [1.54, 1.807) is 0 Å². The summed E-state index contributed by atoms with van der Waals surface area (Å²) in [5.41, 5.74) is 0.221. The van der Waals surface area contributed by atoms with Gasteiger partial charge < -0.3 is 14.7 Å². The van der Waals surface area contributed by atoms with E-state index in [4.69, 9.17) is 0 Å². The van der Waals surface area contributed by atoms with Crippen molar-refractivity contribution in [2.45, 2.75) is 36.8 Å². The molecule has 0 aromatic carbocycles. The van der Waals surface area contributed by atoms with Gasteiger partial charge in [-0.05, 0) is 21.1 Å². The summed E-state index contributed by atoms with van der Waals surface area (Å²) in [5.74, 6) is 0. The van der Waals surface area contributed by atoms with Gasteiger partial charge >= 0.3 is 57.9 Å². The van der Waals surface area contributed by atoms with E-state index in [9.17, 15) is 0 Å². The van der Waals surface area contributed by atoms with Crippen molar-refractivity contribution in [3.05, 3.63) is 0 Å². The monoisotopic (exact) mass is 320 g/mol. The van der Waals surface area contributed by atoms with E-state index < -0.39 is 17.7 Å². The molecule has 0 spiro atoms. The third kappa shape index (κ3) is 13.4. The first-order valence-electron chi connectivity index (χ1n) is 7.69. The van der Waals surface area contributed by atoms with Crippen LogP contribution < -0.4 is 0 Å². The second kappa shape index (κ2) is 10.2. The van der Waals surface area contributed by atoms with Crippen LogP contribution in [0.25, 0.3) is 0 Å². The average molecular weight is 320 g/mol. The van der Waals surface area contributed by atoms with E-state index in [1.165, 1.54) is 39.3 Å². The number of hydrogen-bond acceptors (Lipinski definition) is 4. The molecule has 0 aliphatic carbocycles. The van der Waals surface area contributed by atoms with E-state index in [2.05, 4.69) is 70.5 Å². The van der Waals surface area contributed by atoms with Gasteiger partial charge in [-0.2, -0.15) is 0 Å². The van der Waals surface area contributed by atoms with Gasteiger partial charge in [0.05, 0.1) is 0 Å². The Hall–Kier alpha value is 0.394. The minimum absolute atomic E-state index is 0.221. The summed E-state index contributed by atoms with van der Waals surface area (Å²) in [4.78, 5) is 7.20. The third-order valence-electron chi connectivity index (χ3n) is 3.15.